The van der Waals surface area contributed by atoms with E-state index < -0.39 is 0 Å². The maximum atomic E-state index is 11.8. The SMILES string of the molecule is CC(O)CCCNC(=O)C1CCCCC1N. The summed E-state index contributed by atoms with van der Waals surface area (Å²) < 4.78 is 0. The molecule has 4 heteroatoms. The van der Waals surface area contributed by atoms with E-state index in [1.54, 1.807) is 6.92 Å². The molecule has 0 aromatic rings. The highest BCUT2D eigenvalue weighted by Crippen LogP contribution is 2.22. The third-order valence-electron chi connectivity index (χ3n) is 3.25. The van der Waals surface area contributed by atoms with E-state index >= 15 is 0 Å². The van der Waals surface area contributed by atoms with Crippen molar-refractivity contribution in [2.75, 3.05) is 6.54 Å². The number of nitrogens with one attached hydrogen (secondary N) is 1. The molecule has 1 fully saturated rings. The summed E-state index contributed by atoms with van der Waals surface area (Å²) in [5.41, 5.74) is 5.93. The zero-order valence-corrected chi connectivity index (χ0v) is 10.1. The predicted octanol–water partition coefficient (Wildman–Crippen LogP) is 0.781. The summed E-state index contributed by atoms with van der Waals surface area (Å²) >= 11 is 0. The van der Waals surface area contributed by atoms with Gasteiger partial charge in [0, 0.05) is 12.6 Å². The Morgan fingerprint density at radius 2 is 2.19 bits per heavy atom. The van der Waals surface area contributed by atoms with Gasteiger partial charge in [-0.25, -0.2) is 0 Å². The highest BCUT2D eigenvalue weighted by atomic mass is 16.3. The summed E-state index contributed by atoms with van der Waals surface area (Å²) in [5.74, 6) is 0.0955. The Labute approximate surface area is 97.6 Å². The van der Waals surface area contributed by atoms with Gasteiger partial charge in [0.1, 0.15) is 0 Å². The van der Waals surface area contributed by atoms with Gasteiger partial charge in [-0.3, -0.25) is 4.79 Å². The molecule has 4 nitrogen and oxygen atoms in total. The monoisotopic (exact) mass is 228 g/mol. The van der Waals surface area contributed by atoms with Crippen molar-refractivity contribution in [2.24, 2.45) is 11.7 Å². The van der Waals surface area contributed by atoms with E-state index in [0.29, 0.717) is 6.54 Å². The Morgan fingerprint density at radius 3 is 2.81 bits per heavy atom. The number of hydrogen-bond donors (Lipinski definition) is 3. The van der Waals surface area contributed by atoms with Crippen LogP contribution in [0, 0.1) is 5.92 Å². The molecule has 16 heavy (non-hydrogen) atoms. The van der Waals surface area contributed by atoms with Gasteiger partial charge in [0.15, 0.2) is 0 Å². The topological polar surface area (TPSA) is 75.3 Å². The molecule has 0 bridgehead atoms. The summed E-state index contributed by atoms with van der Waals surface area (Å²) in [6.45, 7) is 2.41. The highest BCUT2D eigenvalue weighted by molar-refractivity contribution is 5.79. The molecule has 1 amide bonds. The largest absolute Gasteiger partial charge is 0.393 e. The Balaban J connectivity index is 2.18. The van der Waals surface area contributed by atoms with E-state index in [-0.39, 0.29) is 24.0 Å². The van der Waals surface area contributed by atoms with Gasteiger partial charge in [0.2, 0.25) is 5.91 Å². The van der Waals surface area contributed by atoms with Gasteiger partial charge in [-0.2, -0.15) is 0 Å². The van der Waals surface area contributed by atoms with Crippen molar-refractivity contribution in [3.05, 3.63) is 0 Å². The van der Waals surface area contributed by atoms with Crippen LogP contribution in [0.25, 0.3) is 0 Å². The quantitative estimate of drug-likeness (QED) is 0.609. The van der Waals surface area contributed by atoms with Crippen LogP contribution in [0.15, 0.2) is 0 Å². The number of amides is 1. The molecule has 0 saturated heterocycles. The van der Waals surface area contributed by atoms with Crippen molar-refractivity contribution in [3.63, 3.8) is 0 Å². The lowest BCUT2D eigenvalue weighted by Gasteiger charge is -2.27. The Morgan fingerprint density at radius 1 is 1.50 bits per heavy atom. The predicted molar refractivity (Wildman–Crippen MR) is 63.9 cm³/mol. The van der Waals surface area contributed by atoms with Crippen LogP contribution >= 0.6 is 0 Å². The van der Waals surface area contributed by atoms with E-state index in [4.69, 9.17) is 10.8 Å². The van der Waals surface area contributed by atoms with E-state index in [1.807, 2.05) is 0 Å². The second-order valence-corrected chi connectivity index (χ2v) is 4.84. The molecule has 0 spiro atoms. The van der Waals surface area contributed by atoms with Gasteiger partial charge < -0.3 is 16.2 Å². The van der Waals surface area contributed by atoms with Crippen LogP contribution in [-0.2, 0) is 4.79 Å². The van der Waals surface area contributed by atoms with Crippen LogP contribution < -0.4 is 11.1 Å². The maximum absolute atomic E-state index is 11.8. The fraction of sp³-hybridized carbons (Fsp3) is 0.917. The molecule has 0 heterocycles. The van der Waals surface area contributed by atoms with E-state index in [9.17, 15) is 4.79 Å². The number of aliphatic hydroxyl groups is 1. The van der Waals surface area contributed by atoms with Gasteiger partial charge in [0.25, 0.3) is 0 Å². The van der Waals surface area contributed by atoms with Crippen molar-refractivity contribution in [1.29, 1.82) is 0 Å². The number of hydrogen-bond acceptors (Lipinski definition) is 3. The van der Waals surface area contributed by atoms with Crippen molar-refractivity contribution in [1.82, 2.24) is 5.32 Å². The van der Waals surface area contributed by atoms with Crippen LogP contribution in [-0.4, -0.2) is 29.7 Å². The van der Waals surface area contributed by atoms with Crippen molar-refractivity contribution in [2.45, 2.75) is 57.6 Å². The molecule has 3 atom stereocenters. The summed E-state index contributed by atoms with van der Waals surface area (Å²) in [7, 11) is 0. The molecule has 3 unspecified atom stereocenters. The van der Waals surface area contributed by atoms with Gasteiger partial charge in [-0.1, -0.05) is 12.8 Å². The first-order valence-electron chi connectivity index (χ1n) is 6.32. The standard InChI is InChI=1S/C12H24N2O2/c1-9(15)5-4-8-14-12(16)10-6-2-3-7-11(10)13/h9-11,15H,2-8,13H2,1H3,(H,14,16). The maximum Gasteiger partial charge on any atom is 0.224 e. The average molecular weight is 228 g/mol. The summed E-state index contributed by atoms with van der Waals surface area (Å²) in [6.07, 6.45) is 5.41. The molecule has 4 N–H and O–H groups in total. The van der Waals surface area contributed by atoms with Crippen LogP contribution in [0.5, 0.6) is 0 Å². The second-order valence-electron chi connectivity index (χ2n) is 4.84. The smallest absolute Gasteiger partial charge is 0.224 e. The summed E-state index contributed by atoms with van der Waals surface area (Å²) in [4.78, 5) is 11.8. The van der Waals surface area contributed by atoms with E-state index in [1.165, 1.54) is 0 Å². The molecule has 0 radical (unpaired) electrons. The molecule has 1 aliphatic rings. The zero-order chi connectivity index (χ0) is 12.0. The molecule has 0 aliphatic heterocycles. The van der Waals surface area contributed by atoms with Gasteiger partial charge in [-0.05, 0) is 32.6 Å². The fourth-order valence-corrected chi connectivity index (χ4v) is 2.23. The zero-order valence-electron chi connectivity index (χ0n) is 10.1. The average Bonchev–Trinajstić information content (AvgIpc) is 2.24. The third kappa shape index (κ3) is 4.49. The molecule has 0 aromatic carbocycles. The van der Waals surface area contributed by atoms with Crippen LogP contribution in [0.2, 0.25) is 0 Å². The Kier molecular flexibility index (Phi) is 5.77. The molecule has 1 rings (SSSR count). The Bertz CT molecular complexity index is 219. The number of aliphatic hydroxyl groups excluding tert-OH is 1. The fourth-order valence-electron chi connectivity index (χ4n) is 2.23. The Hall–Kier alpha value is -0.610. The van der Waals surface area contributed by atoms with Crippen LogP contribution in [0.3, 0.4) is 0 Å². The molecule has 0 aromatic heterocycles. The molecular formula is C12H24N2O2. The highest BCUT2D eigenvalue weighted by Gasteiger charge is 2.27. The van der Waals surface area contributed by atoms with Crippen molar-refractivity contribution < 1.29 is 9.90 Å². The van der Waals surface area contributed by atoms with Crippen LogP contribution in [0.1, 0.15) is 45.4 Å². The van der Waals surface area contributed by atoms with Gasteiger partial charge in [0.05, 0.1) is 12.0 Å². The van der Waals surface area contributed by atoms with Gasteiger partial charge >= 0.3 is 0 Å². The van der Waals surface area contributed by atoms with Crippen LogP contribution in [0.4, 0.5) is 0 Å². The number of carbonyl (C=O) groups is 1. The van der Waals surface area contributed by atoms with Gasteiger partial charge in [-0.15, -0.1) is 0 Å². The molecule has 94 valence electrons. The first kappa shape index (κ1) is 13.5. The molecule has 1 saturated carbocycles. The number of carbonyl (C=O) groups excluding carboxylic acids is 1. The lowest BCUT2D eigenvalue weighted by molar-refractivity contribution is -0.126. The van der Waals surface area contributed by atoms with Crippen molar-refractivity contribution in [3.8, 4) is 0 Å². The minimum atomic E-state index is -0.283. The molecule has 1 aliphatic carbocycles. The van der Waals surface area contributed by atoms with E-state index in [0.717, 1.165) is 38.5 Å². The molecular weight excluding hydrogens is 204 g/mol. The summed E-state index contributed by atoms with van der Waals surface area (Å²) in [6, 6.07) is 0.0329. The lowest BCUT2D eigenvalue weighted by atomic mass is 9.84. The number of nitrogens with two attached hydrogens (primary N) is 1. The summed E-state index contributed by atoms with van der Waals surface area (Å²) in [5, 5.41) is 12.0. The first-order valence-corrected chi connectivity index (χ1v) is 6.32. The minimum absolute atomic E-state index is 0.000278. The first-order chi connectivity index (χ1) is 7.61. The lowest BCUT2D eigenvalue weighted by Crippen LogP contribution is -2.43. The minimum Gasteiger partial charge on any atom is -0.393 e. The normalized spacial score (nSPS) is 27.4. The third-order valence-corrected chi connectivity index (χ3v) is 3.25. The van der Waals surface area contributed by atoms with Crippen molar-refractivity contribution >= 4 is 5.91 Å². The second kappa shape index (κ2) is 6.86. The number of rotatable bonds is 5. The van der Waals surface area contributed by atoms with E-state index in [2.05, 4.69) is 5.32 Å².